The second kappa shape index (κ2) is 14.8. The number of esters is 1. The third kappa shape index (κ3) is 19.2. The van der Waals surface area contributed by atoms with Gasteiger partial charge in [-0.25, -0.2) is 4.79 Å². The molecule has 0 saturated heterocycles. The van der Waals surface area contributed by atoms with E-state index in [9.17, 15) is 4.79 Å². The zero-order chi connectivity index (χ0) is 17.4. The van der Waals surface area contributed by atoms with Crippen molar-refractivity contribution in [1.29, 1.82) is 0 Å². The summed E-state index contributed by atoms with van der Waals surface area (Å²) < 4.78 is 4.95. The summed E-state index contributed by atoms with van der Waals surface area (Å²) in [6, 6.07) is 0. The van der Waals surface area contributed by atoms with E-state index >= 15 is 0 Å². The predicted octanol–water partition coefficient (Wildman–Crippen LogP) is 6.83. The van der Waals surface area contributed by atoms with Gasteiger partial charge in [-0.1, -0.05) is 98.0 Å². The van der Waals surface area contributed by atoms with Gasteiger partial charge in [0.1, 0.15) is 0 Å². The van der Waals surface area contributed by atoms with Gasteiger partial charge < -0.3 is 4.74 Å². The first-order chi connectivity index (χ1) is 11.0. The topological polar surface area (TPSA) is 26.3 Å². The van der Waals surface area contributed by atoms with E-state index in [0.29, 0.717) is 12.0 Å². The molecule has 0 bridgehead atoms. The number of ether oxygens (including phenoxy) is 1. The second-order valence-electron chi connectivity index (χ2n) is 7.92. The van der Waals surface area contributed by atoms with Crippen molar-refractivity contribution in [3.8, 4) is 0 Å². The lowest BCUT2D eigenvalue weighted by molar-refractivity contribution is -0.137. The lowest BCUT2D eigenvalue weighted by Crippen LogP contribution is -2.03. The molecule has 0 N–H and O–H groups in total. The molecule has 0 spiro atoms. The quantitative estimate of drug-likeness (QED) is 0.187. The normalized spacial score (nSPS) is 11.4. The lowest BCUT2D eigenvalue weighted by Gasteiger charge is -2.17. The molecule has 2 nitrogen and oxygen atoms in total. The van der Waals surface area contributed by atoms with Crippen molar-refractivity contribution in [2.45, 2.75) is 104 Å². The highest BCUT2D eigenvalue weighted by Gasteiger charge is 2.08. The molecule has 2 heteroatoms. The summed E-state index contributed by atoms with van der Waals surface area (Å²) in [5, 5.41) is 0. The van der Waals surface area contributed by atoms with Crippen LogP contribution in [0.4, 0.5) is 0 Å². The first-order valence-corrected chi connectivity index (χ1v) is 9.75. The van der Waals surface area contributed by atoms with Crippen LogP contribution in [0.2, 0.25) is 0 Å². The van der Waals surface area contributed by atoms with Crippen LogP contribution in [0.5, 0.6) is 0 Å². The predicted molar refractivity (Wildman–Crippen MR) is 101 cm³/mol. The van der Waals surface area contributed by atoms with Crippen LogP contribution in [-0.2, 0) is 9.53 Å². The third-order valence-corrected chi connectivity index (χ3v) is 4.23. The molecule has 0 heterocycles. The van der Waals surface area contributed by atoms with Crippen LogP contribution in [-0.4, -0.2) is 12.6 Å². The average Bonchev–Trinajstić information content (AvgIpc) is 2.49. The standard InChI is InChI=1S/C21H40O2/c1-5-20(22)23-19-17-15-13-11-9-7-6-8-10-12-14-16-18-21(2,3)4/h5H,1,6-19H2,2-4H3. The van der Waals surface area contributed by atoms with Crippen molar-refractivity contribution in [1.82, 2.24) is 0 Å². The summed E-state index contributed by atoms with van der Waals surface area (Å²) in [7, 11) is 0. The molecule has 0 fully saturated rings. The van der Waals surface area contributed by atoms with E-state index in [-0.39, 0.29) is 5.97 Å². The van der Waals surface area contributed by atoms with Gasteiger partial charge in [-0.15, -0.1) is 0 Å². The van der Waals surface area contributed by atoms with Gasteiger partial charge >= 0.3 is 5.97 Å². The summed E-state index contributed by atoms with van der Waals surface area (Å²) in [5.74, 6) is -0.302. The SMILES string of the molecule is C=CC(=O)OCCCCCCCCCCCCCCC(C)(C)C. The number of carbonyl (C=O) groups excluding carboxylic acids is 1. The summed E-state index contributed by atoms with van der Waals surface area (Å²) in [6.45, 7) is 10.9. The van der Waals surface area contributed by atoms with E-state index in [0.717, 1.165) is 12.8 Å². The number of hydrogen-bond acceptors (Lipinski definition) is 2. The highest BCUT2D eigenvalue weighted by Crippen LogP contribution is 2.22. The molecule has 0 atom stereocenters. The van der Waals surface area contributed by atoms with E-state index in [4.69, 9.17) is 4.74 Å². The van der Waals surface area contributed by atoms with Gasteiger partial charge in [0.15, 0.2) is 0 Å². The first kappa shape index (κ1) is 22.2. The summed E-state index contributed by atoms with van der Waals surface area (Å²) in [4.78, 5) is 10.8. The fraction of sp³-hybridized carbons (Fsp3) is 0.857. The van der Waals surface area contributed by atoms with Crippen molar-refractivity contribution >= 4 is 5.97 Å². The summed E-state index contributed by atoms with van der Waals surface area (Å²) >= 11 is 0. The molecular formula is C21H40O2. The molecule has 136 valence electrons. The molecule has 0 aliphatic carbocycles. The maximum atomic E-state index is 10.8. The highest BCUT2D eigenvalue weighted by atomic mass is 16.5. The van der Waals surface area contributed by atoms with Crippen molar-refractivity contribution in [3.63, 3.8) is 0 Å². The second-order valence-corrected chi connectivity index (χ2v) is 7.92. The van der Waals surface area contributed by atoms with Crippen molar-refractivity contribution in [2.24, 2.45) is 5.41 Å². The highest BCUT2D eigenvalue weighted by molar-refractivity contribution is 5.81. The Kier molecular flexibility index (Phi) is 14.3. The van der Waals surface area contributed by atoms with Gasteiger partial charge in [-0.2, -0.15) is 0 Å². The Hall–Kier alpha value is -0.790. The Morgan fingerprint density at radius 1 is 0.783 bits per heavy atom. The van der Waals surface area contributed by atoms with Crippen molar-refractivity contribution in [3.05, 3.63) is 12.7 Å². The van der Waals surface area contributed by atoms with E-state index in [1.54, 1.807) is 0 Å². The Balaban J connectivity index is 3.08. The maximum Gasteiger partial charge on any atom is 0.330 e. The number of unbranched alkanes of at least 4 members (excludes halogenated alkanes) is 11. The summed E-state index contributed by atoms with van der Waals surface area (Å²) in [6.07, 6.45) is 18.5. The van der Waals surface area contributed by atoms with E-state index < -0.39 is 0 Å². The van der Waals surface area contributed by atoms with Gasteiger partial charge in [0.2, 0.25) is 0 Å². The van der Waals surface area contributed by atoms with Crippen molar-refractivity contribution in [2.75, 3.05) is 6.61 Å². The minimum absolute atomic E-state index is 0.302. The van der Waals surface area contributed by atoms with Crippen LogP contribution < -0.4 is 0 Å². The van der Waals surface area contributed by atoms with Gasteiger partial charge in [0.25, 0.3) is 0 Å². The van der Waals surface area contributed by atoms with E-state index in [1.807, 2.05) is 0 Å². The zero-order valence-corrected chi connectivity index (χ0v) is 16.0. The molecule has 0 saturated carbocycles. The average molecular weight is 325 g/mol. The van der Waals surface area contributed by atoms with Gasteiger partial charge in [0, 0.05) is 6.08 Å². The van der Waals surface area contributed by atoms with E-state index in [1.165, 1.54) is 76.7 Å². The Labute approximate surface area is 145 Å². The molecule has 0 radical (unpaired) electrons. The number of carbonyl (C=O) groups is 1. The molecular weight excluding hydrogens is 284 g/mol. The Morgan fingerprint density at radius 3 is 1.57 bits per heavy atom. The van der Waals surface area contributed by atoms with Crippen LogP contribution in [0.25, 0.3) is 0 Å². The Morgan fingerprint density at radius 2 is 1.17 bits per heavy atom. The molecule has 0 aromatic rings. The molecule has 0 unspecified atom stereocenters. The monoisotopic (exact) mass is 324 g/mol. The van der Waals surface area contributed by atoms with Crippen LogP contribution >= 0.6 is 0 Å². The number of rotatable bonds is 15. The largest absolute Gasteiger partial charge is 0.463 e. The molecule has 0 rings (SSSR count). The van der Waals surface area contributed by atoms with Gasteiger partial charge in [-0.05, 0) is 18.3 Å². The fourth-order valence-corrected chi connectivity index (χ4v) is 2.76. The maximum absolute atomic E-state index is 10.8. The molecule has 0 aliphatic rings. The van der Waals surface area contributed by atoms with Crippen LogP contribution in [0.15, 0.2) is 12.7 Å². The van der Waals surface area contributed by atoms with Crippen LogP contribution in [0.1, 0.15) is 104 Å². The van der Waals surface area contributed by atoms with Crippen LogP contribution in [0, 0.1) is 5.41 Å². The van der Waals surface area contributed by atoms with E-state index in [2.05, 4.69) is 27.4 Å². The zero-order valence-electron chi connectivity index (χ0n) is 16.0. The first-order valence-electron chi connectivity index (χ1n) is 9.75. The number of hydrogen-bond donors (Lipinski definition) is 0. The molecule has 0 aromatic heterocycles. The smallest absolute Gasteiger partial charge is 0.330 e. The minimum atomic E-state index is -0.302. The lowest BCUT2D eigenvalue weighted by atomic mass is 9.89. The van der Waals surface area contributed by atoms with Gasteiger partial charge in [0.05, 0.1) is 6.61 Å². The third-order valence-electron chi connectivity index (χ3n) is 4.23. The van der Waals surface area contributed by atoms with Crippen molar-refractivity contribution < 1.29 is 9.53 Å². The molecule has 23 heavy (non-hydrogen) atoms. The molecule has 0 aromatic carbocycles. The summed E-state index contributed by atoms with van der Waals surface area (Å²) in [5.41, 5.74) is 0.507. The minimum Gasteiger partial charge on any atom is -0.463 e. The van der Waals surface area contributed by atoms with Gasteiger partial charge in [-0.3, -0.25) is 0 Å². The van der Waals surface area contributed by atoms with Crippen LogP contribution in [0.3, 0.4) is 0 Å². The molecule has 0 amide bonds. The molecule has 0 aliphatic heterocycles. The Bertz CT molecular complexity index is 289. The fourth-order valence-electron chi connectivity index (χ4n) is 2.76.